The molecule has 0 spiro atoms. The third-order valence-electron chi connectivity index (χ3n) is 3.47. The molecule has 2 heterocycles. The average Bonchev–Trinajstić information content (AvgIpc) is 2.14. The highest BCUT2D eigenvalue weighted by molar-refractivity contribution is 5.94. The minimum absolute atomic E-state index is 0.262. The van der Waals surface area contributed by atoms with Gasteiger partial charge in [0.05, 0.1) is 0 Å². The maximum Gasteiger partial charge on any atom is 0.249 e. The molecular weight excluding hydrogens is 188 g/mol. The van der Waals surface area contributed by atoms with Crippen LogP contribution in [-0.4, -0.2) is 37.0 Å². The molecule has 1 unspecified atom stereocenters. The van der Waals surface area contributed by atoms with Crippen molar-refractivity contribution in [2.24, 2.45) is 5.92 Å². The number of nitrogens with one attached hydrogen (secondary N) is 1. The molecule has 0 bridgehead atoms. The van der Waals surface area contributed by atoms with Crippen LogP contribution in [0.1, 0.15) is 26.7 Å². The van der Waals surface area contributed by atoms with Crippen LogP contribution in [0.25, 0.3) is 0 Å². The molecule has 0 aromatic rings. The molecule has 1 amide bonds. The van der Waals surface area contributed by atoms with E-state index in [4.69, 9.17) is 0 Å². The first-order chi connectivity index (χ1) is 7.18. The molecule has 1 N–H and O–H groups in total. The van der Waals surface area contributed by atoms with E-state index in [1.807, 2.05) is 11.8 Å². The minimum Gasteiger partial charge on any atom is -0.339 e. The van der Waals surface area contributed by atoms with Crippen LogP contribution in [0.5, 0.6) is 0 Å². The van der Waals surface area contributed by atoms with Crippen molar-refractivity contribution in [1.82, 2.24) is 10.2 Å². The second kappa shape index (κ2) is 4.35. The number of likely N-dealkylation sites (tertiary alicyclic amines) is 1. The summed E-state index contributed by atoms with van der Waals surface area (Å²) < 4.78 is 0. The number of hydrogen-bond acceptors (Lipinski definition) is 2. The lowest BCUT2D eigenvalue weighted by Gasteiger charge is -2.32. The number of carbonyl (C=O) groups excluding carboxylic acids is 1. The summed E-state index contributed by atoms with van der Waals surface area (Å²) in [6.07, 6.45) is 2.43. The number of piperidine rings is 1. The lowest BCUT2D eigenvalue weighted by atomic mass is 9.98. The Morgan fingerprint density at radius 3 is 2.73 bits per heavy atom. The Bertz CT molecular complexity index is 290. The normalized spacial score (nSPS) is 26.1. The highest BCUT2D eigenvalue weighted by Gasteiger charge is 2.24. The zero-order chi connectivity index (χ0) is 10.8. The van der Waals surface area contributed by atoms with Crippen LogP contribution in [0.2, 0.25) is 0 Å². The molecule has 2 aliphatic rings. The van der Waals surface area contributed by atoms with Gasteiger partial charge in [-0.3, -0.25) is 4.79 Å². The van der Waals surface area contributed by atoms with Crippen molar-refractivity contribution < 1.29 is 4.79 Å². The Morgan fingerprint density at radius 2 is 2.20 bits per heavy atom. The van der Waals surface area contributed by atoms with E-state index in [0.29, 0.717) is 5.92 Å². The van der Waals surface area contributed by atoms with Crippen molar-refractivity contribution >= 4 is 5.91 Å². The van der Waals surface area contributed by atoms with Gasteiger partial charge in [0.25, 0.3) is 0 Å². The summed E-state index contributed by atoms with van der Waals surface area (Å²) in [5, 5.41) is 3.18. The van der Waals surface area contributed by atoms with Crippen molar-refractivity contribution in [2.45, 2.75) is 26.7 Å². The van der Waals surface area contributed by atoms with Crippen molar-refractivity contribution in [3.63, 3.8) is 0 Å². The second-order valence-electron chi connectivity index (χ2n) is 4.83. The Kier molecular flexibility index (Phi) is 3.10. The number of rotatable bonds is 1. The van der Waals surface area contributed by atoms with Gasteiger partial charge < -0.3 is 10.2 Å². The molecule has 15 heavy (non-hydrogen) atoms. The lowest BCUT2D eigenvalue weighted by molar-refractivity contribution is -0.128. The van der Waals surface area contributed by atoms with E-state index < -0.39 is 0 Å². The summed E-state index contributed by atoms with van der Waals surface area (Å²) in [4.78, 5) is 14.1. The fourth-order valence-corrected chi connectivity index (χ4v) is 2.28. The fourth-order valence-electron chi connectivity index (χ4n) is 2.28. The molecule has 84 valence electrons. The predicted molar refractivity (Wildman–Crippen MR) is 60.5 cm³/mol. The molecule has 2 saturated heterocycles. The molecule has 3 nitrogen and oxygen atoms in total. The van der Waals surface area contributed by atoms with Crippen LogP contribution in [0, 0.1) is 5.92 Å². The van der Waals surface area contributed by atoms with Gasteiger partial charge in [0.2, 0.25) is 5.91 Å². The van der Waals surface area contributed by atoms with E-state index in [1.54, 1.807) is 0 Å². The molecule has 0 radical (unpaired) electrons. The Labute approximate surface area is 91.5 Å². The number of hydrogen-bond donors (Lipinski definition) is 1. The van der Waals surface area contributed by atoms with E-state index in [-0.39, 0.29) is 5.91 Å². The molecule has 2 aliphatic heterocycles. The topological polar surface area (TPSA) is 32.3 Å². The Morgan fingerprint density at radius 1 is 1.47 bits per heavy atom. The maximum atomic E-state index is 12.1. The summed E-state index contributed by atoms with van der Waals surface area (Å²) >= 11 is 0. The van der Waals surface area contributed by atoms with Crippen molar-refractivity contribution in [3.8, 4) is 0 Å². The van der Waals surface area contributed by atoms with E-state index in [0.717, 1.165) is 38.2 Å². The summed E-state index contributed by atoms with van der Waals surface area (Å²) in [5.41, 5.74) is 2.26. The highest BCUT2D eigenvalue weighted by atomic mass is 16.2. The van der Waals surface area contributed by atoms with E-state index >= 15 is 0 Å². The van der Waals surface area contributed by atoms with Crippen LogP contribution >= 0.6 is 0 Å². The Hall–Kier alpha value is -0.830. The number of nitrogens with zero attached hydrogens (tertiary/aromatic N) is 1. The van der Waals surface area contributed by atoms with Gasteiger partial charge in [0, 0.05) is 31.8 Å². The van der Waals surface area contributed by atoms with Crippen molar-refractivity contribution in [2.75, 3.05) is 26.2 Å². The molecule has 1 atom stereocenters. The second-order valence-corrected chi connectivity index (χ2v) is 4.83. The summed E-state index contributed by atoms with van der Waals surface area (Å²) in [6.45, 7) is 7.89. The molecular formula is C12H20N2O. The van der Waals surface area contributed by atoms with Gasteiger partial charge in [-0.2, -0.15) is 0 Å². The standard InChI is InChI=1S/C12H20N2O/c1-9-4-3-5-14(8-9)12(15)10(2)11-6-13-7-11/h9,13H,3-8H2,1-2H3. The van der Waals surface area contributed by atoms with Gasteiger partial charge in [0.1, 0.15) is 0 Å². The number of carbonyl (C=O) groups is 1. The summed E-state index contributed by atoms with van der Waals surface area (Å²) in [7, 11) is 0. The molecule has 2 fully saturated rings. The average molecular weight is 208 g/mol. The molecule has 0 aromatic heterocycles. The van der Waals surface area contributed by atoms with Crippen molar-refractivity contribution in [3.05, 3.63) is 11.1 Å². The van der Waals surface area contributed by atoms with Gasteiger partial charge in [0.15, 0.2) is 0 Å². The van der Waals surface area contributed by atoms with E-state index in [9.17, 15) is 4.79 Å². The first-order valence-corrected chi connectivity index (χ1v) is 5.87. The maximum absolute atomic E-state index is 12.1. The van der Waals surface area contributed by atoms with Crippen LogP contribution in [0.15, 0.2) is 11.1 Å². The fraction of sp³-hybridized carbons (Fsp3) is 0.750. The third-order valence-corrected chi connectivity index (χ3v) is 3.47. The van der Waals surface area contributed by atoms with Gasteiger partial charge in [-0.1, -0.05) is 6.92 Å². The SMILES string of the molecule is CC(C(=O)N1CCCC(C)C1)=C1CNC1. The first kappa shape index (κ1) is 10.7. The monoisotopic (exact) mass is 208 g/mol. The first-order valence-electron chi connectivity index (χ1n) is 5.87. The zero-order valence-corrected chi connectivity index (χ0v) is 9.68. The highest BCUT2D eigenvalue weighted by Crippen LogP contribution is 2.19. The van der Waals surface area contributed by atoms with E-state index in [1.165, 1.54) is 12.0 Å². The quantitative estimate of drug-likeness (QED) is 0.656. The number of amides is 1. The van der Waals surface area contributed by atoms with Crippen LogP contribution in [0.3, 0.4) is 0 Å². The molecule has 2 rings (SSSR count). The van der Waals surface area contributed by atoms with Gasteiger partial charge in [-0.05, 0) is 31.3 Å². The van der Waals surface area contributed by atoms with Gasteiger partial charge in [-0.15, -0.1) is 0 Å². The third kappa shape index (κ3) is 2.23. The molecule has 3 heteroatoms. The van der Waals surface area contributed by atoms with Crippen LogP contribution in [-0.2, 0) is 4.79 Å². The van der Waals surface area contributed by atoms with Crippen LogP contribution in [0.4, 0.5) is 0 Å². The van der Waals surface area contributed by atoms with Gasteiger partial charge in [-0.25, -0.2) is 0 Å². The van der Waals surface area contributed by atoms with Gasteiger partial charge >= 0.3 is 0 Å². The van der Waals surface area contributed by atoms with Crippen LogP contribution < -0.4 is 5.32 Å². The van der Waals surface area contributed by atoms with Crippen molar-refractivity contribution in [1.29, 1.82) is 0 Å². The molecule has 0 saturated carbocycles. The Balaban J connectivity index is 2.00. The predicted octanol–water partition coefficient (Wildman–Crippen LogP) is 1.16. The minimum atomic E-state index is 0.262. The molecule has 0 aromatic carbocycles. The lowest BCUT2D eigenvalue weighted by Crippen LogP contribution is -2.42. The summed E-state index contributed by atoms with van der Waals surface area (Å²) in [5.74, 6) is 0.929. The van der Waals surface area contributed by atoms with E-state index in [2.05, 4.69) is 12.2 Å². The zero-order valence-electron chi connectivity index (χ0n) is 9.68. The smallest absolute Gasteiger partial charge is 0.249 e. The summed E-state index contributed by atoms with van der Waals surface area (Å²) in [6, 6.07) is 0. The molecule has 0 aliphatic carbocycles. The largest absolute Gasteiger partial charge is 0.339 e.